The Morgan fingerprint density at radius 1 is 1.31 bits per heavy atom. The van der Waals surface area contributed by atoms with Crippen molar-refractivity contribution in [3.63, 3.8) is 0 Å². The van der Waals surface area contributed by atoms with Crippen molar-refractivity contribution in [2.45, 2.75) is 51.2 Å². The molecule has 1 heterocycles. The molecule has 0 aromatic carbocycles. The summed E-state index contributed by atoms with van der Waals surface area (Å²) in [4.78, 5) is 0. The molecule has 1 aliphatic carbocycles. The molecule has 1 saturated carbocycles. The second-order valence-corrected chi connectivity index (χ2v) is 4.66. The fourth-order valence-electron chi connectivity index (χ4n) is 2.50. The van der Waals surface area contributed by atoms with Crippen LogP contribution in [0, 0.1) is 5.92 Å². The van der Waals surface area contributed by atoms with E-state index in [1.807, 2.05) is 0 Å². The van der Waals surface area contributed by atoms with Crippen LogP contribution in [0.5, 0.6) is 0 Å². The van der Waals surface area contributed by atoms with Gasteiger partial charge in [0.15, 0.2) is 0 Å². The minimum absolute atomic E-state index is 0.510. The third-order valence-electron chi connectivity index (χ3n) is 3.35. The number of hydrogen-bond acceptors (Lipinski definition) is 2. The average molecular weight is 183 g/mol. The third kappa shape index (κ3) is 2.68. The van der Waals surface area contributed by atoms with Gasteiger partial charge in [0, 0.05) is 19.2 Å². The van der Waals surface area contributed by atoms with Crippen molar-refractivity contribution in [1.82, 2.24) is 5.32 Å². The van der Waals surface area contributed by atoms with Gasteiger partial charge in [-0.1, -0.05) is 6.92 Å². The summed E-state index contributed by atoms with van der Waals surface area (Å²) in [5.41, 5.74) is 0. The van der Waals surface area contributed by atoms with E-state index in [2.05, 4.69) is 12.2 Å². The molecular weight excluding hydrogens is 162 g/mol. The summed E-state index contributed by atoms with van der Waals surface area (Å²) >= 11 is 0. The van der Waals surface area contributed by atoms with Crippen LogP contribution in [-0.4, -0.2) is 25.3 Å². The summed E-state index contributed by atoms with van der Waals surface area (Å²) < 4.78 is 5.58. The van der Waals surface area contributed by atoms with Crippen LogP contribution in [0.25, 0.3) is 0 Å². The zero-order valence-electron chi connectivity index (χ0n) is 8.59. The molecular formula is C11H21NO. The Hall–Kier alpha value is -0.0800. The molecule has 2 fully saturated rings. The largest absolute Gasteiger partial charge is 0.377 e. The lowest BCUT2D eigenvalue weighted by Gasteiger charge is -2.15. The smallest absolute Gasteiger partial charge is 0.0700 e. The predicted molar refractivity (Wildman–Crippen MR) is 53.8 cm³/mol. The molecule has 0 unspecified atom stereocenters. The molecule has 0 radical (unpaired) electrons. The molecule has 1 saturated heterocycles. The van der Waals surface area contributed by atoms with E-state index in [9.17, 15) is 0 Å². The highest BCUT2D eigenvalue weighted by atomic mass is 16.5. The summed E-state index contributed by atoms with van der Waals surface area (Å²) in [5.74, 6) is 0.932. The second kappa shape index (κ2) is 4.43. The Bertz CT molecular complexity index is 154. The first kappa shape index (κ1) is 9.47. The lowest BCUT2D eigenvalue weighted by atomic mass is 10.1. The molecule has 13 heavy (non-hydrogen) atoms. The molecule has 1 N–H and O–H groups in total. The maximum atomic E-state index is 5.58. The first-order valence-corrected chi connectivity index (χ1v) is 5.69. The zero-order valence-corrected chi connectivity index (χ0v) is 8.59. The van der Waals surface area contributed by atoms with E-state index in [1.54, 1.807) is 0 Å². The van der Waals surface area contributed by atoms with Crippen LogP contribution in [0.15, 0.2) is 0 Å². The fraction of sp³-hybridized carbons (Fsp3) is 1.00. The van der Waals surface area contributed by atoms with E-state index in [0.717, 1.165) is 25.1 Å². The van der Waals surface area contributed by atoms with Gasteiger partial charge in [0.2, 0.25) is 0 Å². The van der Waals surface area contributed by atoms with Gasteiger partial charge in [-0.05, 0) is 38.0 Å². The lowest BCUT2D eigenvalue weighted by molar-refractivity contribution is 0.107. The van der Waals surface area contributed by atoms with Crippen molar-refractivity contribution in [1.29, 1.82) is 0 Å². The second-order valence-electron chi connectivity index (χ2n) is 4.66. The van der Waals surface area contributed by atoms with Crippen LogP contribution in [0.2, 0.25) is 0 Å². The van der Waals surface area contributed by atoms with Crippen molar-refractivity contribution in [3.05, 3.63) is 0 Å². The van der Waals surface area contributed by atoms with Gasteiger partial charge >= 0.3 is 0 Å². The van der Waals surface area contributed by atoms with Crippen molar-refractivity contribution in [3.8, 4) is 0 Å². The summed E-state index contributed by atoms with van der Waals surface area (Å²) in [6.07, 6.45) is 7.17. The third-order valence-corrected chi connectivity index (χ3v) is 3.35. The predicted octanol–water partition coefficient (Wildman–Crippen LogP) is 1.94. The minimum atomic E-state index is 0.510. The van der Waals surface area contributed by atoms with Crippen LogP contribution >= 0.6 is 0 Å². The average Bonchev–Trinajstić information content (AvgIpc) is 2.71. The number of rotatable bonds is 3. The quantitative estimate of drug-likeness (QED) is 0.722. The molecule has 2 heteroatoms. The normalized spacial score (nSPS) is 39.9. The maximum absolute atomic E-state index is 5.58. The first-order chi connectivity index (χ1) is 6.34. The molecule has 0 amide bonds. The highest BCUT2D eigenvalue weighted by Crippen LogP contribution is 2.24. The summed E-state index contributed by atoms with van der Waals surface area (Å²) in [7, 11) is 0. The van der Waals surface area contributed by atoms with Crippen molar-refractivity contribution in [2.24, 2.45) is 5.92 Å². The number of nitrogens with one attached hydrogen (secondary N) is 1. The molecule has 0 aromatic rings. The fourth-order valence-corrected chi connectivity index (χ4v) is 2.50. The molecule has 76 valence electrons. The zero-order chi connectivity index (χ0) is 9.10. The Kier molecular flexibility index (Phi) is 3.23. The molecule has 0 spiro atoms. The van der Waals surface area contributed by atoms with Crippen molar-refractivity contribution in [2.75, 3.05) is 13.2 Å². The monoisotopic (exact) mass is 183 g/mol. The molecule has 0 aromatic heterocycles. The van der Waals surface area contributed by atoms with Gasteiger partial charge in [-0.15, -0.1) is 0 Å². The van der Waals surface area contributed by atoms with Gasteiger partial charge in [-0.3, -0.25) is 0 Å². The van der Waals surface area contributed by atoms with Crippen LogP contribution in [0.4, 0.5) is 0 Å². The van der Waals surface area contributed by atoms with Gasteiger partial charge in [-0.2, -0.15) is 0 Å². The van der Waals surface area contributed by atoms with E-state index in [0.29, 0.717) is 6.10 Å². The first-order valence-electron chi connectivity index (χ1n) is 5.69. The van der Waals surface area contributed by atoms with Crippen molar-refractivity contribution >= 4 is 0 Å². The van der Waals surface area contributed by atoms with E-state index in [-0.39, 0.29) is 0 Å². The molecule has 2 nitrogen and oxygen atoms in total. The van der Waals surface area contributed by atoms with Crippen LogP contribution < -0.4 is 5.32 Å². The molecule has 1 aliphatic heterocycles. The lowest BCUT2D eigenvalue weighted by Crippen LogP contribution is -2.33. The van der Waals surface area contributed by atoms with Gasteiger partial charge in [-0.25, -0.2) is 0 Å². The Morgan fingerprint density at radius 2 is 2.23 bits per heavy atom. The van der Waals surface area contributed by atoms with Crippen LogP contribution in [0.1, 0.15) is 39.0 Å². The van der Waals surface area contributed by atoms with Crippen LogP contribution in [0.3, 0.4) is 0 Å². The van der Waals surface area contributed by atoms with E-state index in [1.165, 1.54) is 32.1 Å². The van der Waals surface area contributed by atoms with Crippen LogP contribution in [-0.2, 0) is 4.74 Å². The van der Waals surface area contributed by atoms with Gasteiger partial charge in [0.1, 0.15) is 0 Å². The van der Waals surface area contributed by atoms with Crippen molar-refractivity contribution < 1.29 is 4.74 Å². The molecule has 2 aliphatic rings. The van der Waals surface area contributed by atoms with Gasteiger partial charge in [0.25, 0.3) is 0 Å². The Balaban J connectivity index is 1.62. The maximum Gasteiger partial charge on any atom is 0.0700 e. The van der Waals surface area contributed by atoms with Gasteiger partial charge < -0.3 is 10.1 Å². The number of ether oxygens (including phenoxy) is 1. The minimum Gasteiger partial charge on any atom is -0.377 e. The van der Waals surface area contributed by atoms with E-state index < -0.39 is 0 Å². The molecule has 3 atom stereocenters. The van der Waals surface area contributed by atoms with Gasteiger partial charge in [0.05, 0.1) is 6.10 Å². The SMILES string of the molecule is C[C@H]1CC[C@@H](NC[C@@H]2CCCO2)C1. The van der Waals surface area contributed by atoms with E-state index >= 15 is 0 Å². The standard InChI is InChI=1S/C11H21NO/c1-9-4-5-10(7-9)12-8-11-3-2-6-13-11/h9-12H,2-8H2,1H3/t9-,10+,11-/m0/s1. The summed E-state index contributed by atoms with van der Waals surface area (Å²) in [6, 6.07) is 0.777. The molecule has 2 rings (SSSR count). The van der Waals surface area contributed by atoms with E-state index in [4.69, 9.17) is 4.74 Å². The highest BCUT2D eigenvalue weighted by molar-refractivity contribution is 4.80. The Labute approximate surface area is 81.0 Å². The topological polar surface area (TPSA) is 21.3 Å². The Morgan fingerprint density at radius 3 is 2.85 bits per heavy atom. The highest BCUT2D eigenvalue weighted by Gasteiger charge is 2.22. The summed E-state index contributed by atoms with van der Waals surface area (Å²) in [6.45, 7) is 4.42. The number of hydrogen-bond donors (Lipinski definition) is 1. The molecule has 0 bridgehead atoms. The summed E-state index contributed by atoms with van der Waals surface area (Å²) in [5, 5.41) is 3.63.